The molecule has 1 unspecified atom stereocenters. The van der Waals surface area contributed by atoms with E-state index >= 15 is 0 Å². The fraction of sp³-hybridized carbons (Fsp3) is 0.571. The highest BCUT2D eigenvalue weighted by Crippen LogP contribution is 1.95. The number of hydrogen-bond acceptors (Lipinski definition) is 1. The van der Waals surface area contributed by atoms with E-state index in [0.29, 0.717) is 5.92 Å². The summed E-state index contributed by atoms with van der Waals surface area (Å²) in [5.74, 6) is 5.28. The molecule has 1 nitrogen and oxygen atoms in total. The van der Waals surface area contributed by atoms with E-state index in [1.165, 1.54) is 6.29 Å². The fourth-order valence-corrected chi connectivity index (χ4v) is 0.255. The highest BCUT2D eigenvalue weighted by Gasteiger charge is 1.87. The van der Waals surface area contributed by atoms with Crippen molar-refractivity contribution in [1.82, 2.24) is 0 Å². The van der Waals surface area contributed by atoms with Crippen molar-refractivity contribution in [3.63, 3.8) is 0 Å². The first kappa shape index (κ1) is 7.23. The van der Waals surface area contributed by atoms with E-state index in [2.05, 4.69) is 11.8 Å². The second-order valence-electron chi connectivity index (χ2n) is 1.68. The smallest absolute Gasteiger partial charge is 0.275 e. The third-order valence-corrected chi connectivity index (χ3v) is 0.982. The van der Waals surface area contributed by atoms with Crippen LogP contribution in [0.15, 0.2) is 0 Å². The van der Waals surface area contributed by atoms with Crippen molar-refractivity contribution in [2.75, 3.05) is 0 Å². The summed E-state index contributed by atoms with van der Waals surface area (Å²) in [5, 5.41) is 0. The Labute approximate surface area is 50.1 Å². The summed E-state index contributed by atoms with van der Waals surface area (Å²) in [5.41, 5.74) is 0. The second-order valence-corrected chi connectivity index (χ2v) is 1.68. The van der Waals surface area contributed by atoms with Crippen LogP contribution in [-0.4, -0.2) is 6.29 Å². The Bertz CT molecular complexity index is 116. The van der Waals surface area contributed by atoms with E-state index in [-0.39, 0.29) is 0 Å². The molecule has 1 atom stereocenters. The molecule has 0 N–H and O–H groups in total. The SMILES string of the molecule is CCC(C)C#C[C]=O. The molecule has 0 rings (SSSR count). The Balaban J connectivity index is 3.50. The van der Waals surface area contributed by atoms with Crippen molar-refractivity contribution >= 4 is 6.29 Å². The molecule has 0 fully saturated rings. The van der Waals surface area contributed by atoms with Crippen LogP contribution in [0.2, 0.25) is 0 Å². The van der Waals surface area contributed by atoms with Gasteiger partial charge in [0.05, 0.1) is 0 Å². The van der Waals surface area contributed by atoms with Gasteiger partial charge in [0.1, 0.15) is 0 Å². The predicted molar refractivity (Wildman–Crippen MR) is 32.9 cm³/mol. The Morgan fingerprint density at radius 2 is 2.25 bits per heavy atom. The Morgan fingerprint density at radius 3 is 2.62 bits per heavy atom. The van der Waals surface area contributed by atoms with Crippen LogP contribution in [0, 0.1) is 17.8 Å². The first-order valence-electron chi connectivity index (χ1n) is 2.69. The lowest BCUT2D eigenvalue weighted by Crippen LogP contribution is -1.84. The van der Waals surface area contributed by atoms with Crippen molar-refractivity contribution in [2.45, 2.75) is 20.3 Å². The van der Waals surface area contributed by atoms with E-state index < -0.39 is 0 Å². The third-order valence-electron chi connectivity index (χ3n) is 0.982. The number of rotatable bonds is 1. The third kappa shape index (κ3) is 3.42. The summed E-state index contributed by atoms with van der Waals surface area (Å²) in [4.78, 5) is 9.53. The van der Waals surface area contributed by atoms with Crippen LogP contribution in [0.25, 0.3) is 0 Å². The van der Waals surface area contributed by atoms with Crippen LogP contribution in [0.4, 0.5) is 0 Å². The zero-order chi connectivity index (χ0) is 6.41. The molecule has 0 aromatic heterocycles. The maximum Gasteiger partial charge on any atom is 0.284 e. The highest BCUT2D eigenvalue weighted by molar-refractivity contribution is 5.73. The zero-order valence-corrected chi connectivity index (χ0v) is 5.19. The lowest BCUT2D eigenvalue weighted by molar-refractivity contribution is 0.565. The summed E-state index contributed by atoms with van der Waals surface area (Å²) >= 11 is 0. The van der Waals surface area contributed by atoms with Crippen molar-refractivity contribution in [2.24, 2.45) is 5.92 Å². The lowest BCUT2D eigenvalue weighted by atomic mass is 10.1. The van der Waals surface area contributed by atoms with Gasteiger partial charge in [-0.25, -0.2) is 0 Å². The van der Waals surface area contributed by atoms with Gasteiger partial charge in [-0.05, 0) is 12.3 Å². The van der Waals surface area contributed by atoms with Crippen LogP contribution in [0.1, 0.15) is 20.3 Å². The van der Waals surface area contributed by atoms with Crippen LogP contribution in [0.5, 0.6) is 0 Å². The monoisotopic (exact) mass is 109 g/mol. The van der Waals surface area contributed by atoms with Crippen molar-refractivity contribution < 1.29 is 4.79 Å². The number of carbonyl (C=O) groups excluding carboxylic acids is 1. The number of hydrogen-bond donors (Lipinski definition) is 0. The Kier molecular flexibility index (Phi) is 3.97. The molecule has 8 heavy (non-hydrogen) atoms. The standard InChI is InChI=1S/C7H9O/c1-3-7(2)5-4-6-8/h7H,3H2,1-2H3. The lowest BCUT2D eigenvalue weighted by Gasteiger charge is -1.91. The van der Waals surface area contributed by atoms with E-state index in [1.807, 2.05) is 13.8 Å². The first-order chi connectivity index (χ1) is 3.81. The first-order valence-corrected chi connectivity index (χ1v) is 2.69. The van der Waals surface area contributed by atoms with Gasteiger partial charge in [-0.15, -0.1) is 0 Å². The average molecular weight is 109 g/mol. The van der Waals surface area contributed by atoms with Crippen molar-refractivity contribution in [3.8, 4) is 11.8 Å². The minimum Gasteiger partial charge on any atom is -0.275 e. The van der Waals surface area contributed by atoms with Gasteiger partial charge in [-0.1, -0.05) is 19.8 Å². The molecular weight excluding hydrogens is 100 g/mol. The predicted octanol–water partition coefficient (Wildman–Crippen LogP) is 1.15. The van der Waals surface area contributed by atoms with Gasteiger partial charge in [0.25, 0.3) is 6.29 Å². The minimum atomic E-state index is 0.330. The van der Waals surface area contributed by atoms with Crippen molar-refractivity contribution in [3.05, 3.63) is 0 Å². The molecule has 0 spiro atoms. The maximum absolute atomic E-state index is 9.53. The van der Waals surface area contributed by atoms with E-state index in [9.17, 15) is 4.79 Å². The van der Waals surface area contributed by atoms with Crippen LogP contribution >= 0.6 is 0 Å². The van der Waals surface area contributed by atoms with E-state index in [0.717, 1.165) is 6.42 Å². The second kappa shape index (κ2) is 4.39. The van der Waals surface area contributed by atoms with Crippen LogP contribution in [0.3, 0.4) is 0 Å². The van der Waals surface area contributed by atoms with Gasteiger partial charge < -0.3 is 0 Å². The average Bonchev–Trinajstić information content (AvgIpc) is 1.83. The molecule has 0 aliphatic heterocycles. The molecule has 0 saturated carbocycles. The van der Waals surface area contributed by atoms with Gasteiger partial charge in [-0.3, -0.25) is 4.79 Å². The molecular formula is C7H9O. The van der Waals surface area contributed by atoms with E-state index in [1.54, 1.807) is 0 Å². The normalized spacial score (nSPS) is 11.2. The zero-order valence-electron chi connectivity index (χ0n) is 5.19. The summed E-state index contributed by atoms with van der Waals surface area (Å²) in [6.45, 7) is 4.01. The minimum absolute atomic E-state index is 0.330. The summed E-state index contributed by atoms with van der Waals surface area (Å²) in [6, 6.07) is 0. The van der Waals surface area contributed by atoms with Gasteiger partial charge in [-0.2, -0.15) is 0 Å². The molecule has 0 aliphatic carbocycles. The quantitative estimate of drug-likeness (QED) is 0.461. The van der Waals surface area contributed by atoms with Gasteiger partial charge >= 0.3 is 0 Å². The van der Waals surface area contributed by atoms with Crippen LogP contribution < -0.4 is 0 Å². The van der Waals surface area contributed by atoms with E-state index in [4.69, 9.17) is 0 Å². The summed E-state index contributed by atoms with van der Waals surface area (Å²) < 4.78 is 0. The largest absolute Gasteiger partial charge is 0.284 e. The summed E-state index contributed by atoms with van der Waals surface area (Å²) in [7, 11) is 0. The molecule has 43 valence electrons. The molecule has 0 heterocycles. The molecule has 0 aromatic rings. The molecule has 0 bridgehead atoms. The maximum atomic E-state index is 9.53. The summed E-state index contributed by atoms with van der Waals surface area (Å²) in [6.07, 6.45) is 2.52. The van der Waals surface area contributed by atoms with Gasteiger partial charge in [0, 0.05) is 5.92 Å². The molecule has 0 aliphatic rings. The topological polar surface area (TPSA) is 17.1 Å². The fourth-order valence-electron chi connectivity index (χ4n) is 0.255. The molecule has 1 heteroatoms. The highest BCUT2D eigenvalue weighted by atomic mass is 16.1. The molecule has 0 saturated heterocycles. The Hall–Kier alpha value is -0.770. The van der Waals surface area contributed by atoms with Crippen LogP contribution in [-0.2, 0) is 4.79 Å². The molecule has 1 radical (unpaired) electrons. The van der Waals surface area contributed by atoms with Gasteiger partial charge in [0.15, 0.2) is 0 Å². The molecule has 0 aromatic carbocycles. The molecule has 0 amide bonds. The van der Waals surface area contributed by atoms with Gasteiger partial charge in [0.2, 0.25) is 0 Å². The Morgan fingerprint density at radius 1 is 1.62 bits per heavy atom. The van der Waals surface area contributed by atoms with Crippen molar-refractivity contribution in [1.29, 1.82) is 0 Å².